The van der Waals surface area contributed by atoms with Gasteiger partial charge in [-0.1, -0.05) is 6.92 Å². The molecule has 1 aromatic carbocycles. The van der Waals surface area contributed by atoms with Crippen molar-refractivity contribution >= 4 is 5.91 Å². The SMILES string of the molecule is Cc1nc(C(=O)N(C)Cc2ccc(C3CC3C)o2)nn1-c1ccc(F)cc1. The second kappa shape index (κ2) is 6.64. The van der Waals surface area contributed by atoms with Crippen molar-refractivity contribution < 1.29 is 13.6 Å². The minimum absolute atomic E-state index is 0.0990. The van der Waals surface area contributed by atoms with Gasteiger partial charge in [-0.2, -0.15) is 0 Å². The van der Waals surface area contributed by atoms with Gasteiger partial charge in [0.1, 0.15) is 23.2 Å². The fraction of sp³-hybridized carbons (Fsp3) is 0.350. The van der Waals surface area contributed by atoms with Crippen LogP contribution in [0.4, 0.5) is 4.39 Å². The number of carbonyl (C=O) groups excluding carboxylic acids is 1. The van der Waals surface area contributed by atoms with E-state index in [4.69, 9.17) is 4.42 Å². The molecule has 0 spiro atoms. The van der Waals surface area contributed by atoms with E-state index in [1.54, 1.807) is 26.1 Å². The zero-order valence-electron chi connectivity index (χ0n) is 15.5. The highest BCUT2D eigenvalue weighted by molar-refractivity contribution is 5.90. The number of amides is 1. The number of hydrogen-bond acceptors (Lipinski definition) is 4. The standard InChI is InChI=1S/C20H21FN4O2/c1-12-10-17(12)18-9-8-16(27-18)11-24(3)20(26)19-22-13(2)25(23-19)15-6-4-14(21)5-7-15/h4-9,12,17H,10-11H2,1-3H3. The molecule has 0 aliphatic heterocycles. The maximum atomic E-state index is 13.1. The van der Waals surface area contributed by atoms with E-state index in [2.05, 4.69) is 17.0 Å². The Morgan fingerprint density at radius 2 is 2.00 bits per heavy atom. The fourth-order valence-electron chi connectivity index (χ4n) is 3.18. The number of carbonyl (C=O) groups is 1. The van der Waals surface area contributed by atoms with E-state index < -0.39 is 0 Å². The van der Waals surface area contributed by atoms with Gasteiger partial charge in [0.25, 0.3) is 5.91 Å². The smallest absolute Gasteiger partial charge is 0.293 e. The zero-order valence-corrected chi connectivity index (χ0v) is 15.5. The van der Waals surface area contributed by atoms with Crippen LogP contribution in [0, 0.1) is 18.7 Å². The van der Waals surface area contributed by atoms with E-state index in [1.165, 1.54) is 21.7 Å². The molecule has 140 valence electrons. The molecule has 1 amide bonds. The van der Waals surface area contributed by atoms with E-state index in [9.17, 15) is 9.18 Å². The van der Waals surface area contributed by atoms with Gasteiger partial charge < -0.3 is 9.32 Å². The summed E-state index contributed by atoms with van der Waals surface area (Å²) in [7, 11) is 1.69. The molecule has 0 radical (unpaired) electrons. The number of rotatable bonds is 5. The van der Waals surface area contributed by atoms with Crippen molar-refractivity contribution in [2.24, 2.45) is 5.92 Å². The molecule has 3 aromatic rings. The lowest BCUT2D eigenvalue weighted by molar-refractivity contribution is 0.0762. The largest absolute Gasteiger partial charge is 0.464 e. The van der Waals surface area contributed by atoms with Crippen LogP contribution < -0.4 is 0 Å². The maximum absolute atomic E-state index is 13.1. The van der Waals surface area contributed by atoms with Gasteiger partial charge in [-0.25, -0.2) is 14.1 Å². The number of hydrogen-bond donors (Lipinski definition) is 0. The fourth-order valence-corrected chi connectivity index (χ4v) is 3.18. The van der Waals surface area contributed by atoms with Crippen LogP contribution in [0.3, 0.4) is 0 Å². The third kappa shape index (κ3) is 3.49. The lowest BCUT2D eigenvalue weighted by atomic mass is 10.3. The molecule has 1 fully saturated rings. The topological polar surface area (TPSA) is 64.2 Å². The summed E-state index contributed by atoms with van der Waals surface area (Å²) in [4.78, 5) is 18.5. The molecule has 7 heteroatoms. The molecule has 1 saturated carbocycles. The van der Waals surface area contributed by atoms with Crippen molar-refractivity contribution in [1.82, 2.24) is 19.7 Å². The van der Waals surface area contributed by atoms with Crippen LogP contribution in [0.2, 0.25) is 0 Å². The Labute approximate surface area is 156 Å². The predicted molar refractivity (Wildman–Crippen MR) is 97.1 cm³/mol. The molecule has 1 aliphatic rings. The normalized spacial score (nSPS) is 18.5. The molecule has 2 unspecified atom stereocenters. The number of nitrogens with zero attached hydrogens (tertiary/aromatic N) is 4. The third-order valence-corrected chi connectivity index (χ3v) is 4.93. The maximum Gasteiger partial charge on any atom is 0.293 e. The molecule has 1 aliphatic carbocycles. The molecule has 2 atom stereocenters. The van der Waals surface area contributed by atoms with Crippen molar-refractivity contribution in [3.63, 3.8) is 0 Å². The number of furan rings is 1. The van der Waals surface area contributed by atoms with Gasteiger partial charge >= 0.3 is 0 Å². The Kier molecular flexibility index (Phi) is 4.30. The van der Waals surface area contributed by atoms with E-state index in [1.807, 2.05) is 12.1 Å². The Bertz CT molecular complexity index is 976. The molecule has 2 aromatic heterocycles. The van der Waals surface area contributed by atoms with Gasteiger partial charge in [0.05, 0.1) is 12.2 Å². The van der Waals surface area contributed by atoms with Gasteiger partial charge in [-0.3, -0.25) is 4.79 Å². The molecule has 0 saturated heterocycles. The predicted octanol–water partition coefficient (Wildman–Crippen LogP) is 3.70. The van der Waals surface area contributed by atoms with Crippen LogP contribution in [-0.2, 0) is 6.54 Å². The highest BCUT2D eigenvalue weighted by Crippen LogP contribution is 2.47. The molecule has 0 N–H and O–H groups in total. The van der Waals surface area contributed by atoms with E-state index >= 15 is 0 Å². The van der Waals surface area contributed by atoms with Crippen LogP contribution in [-0.4, -0.2) is 32.6 Å². The second-order valence-corrected chi connectivity index (χ2v) is 7.16. The van der Waals surface area contributed by atoms with Crippen LogP contribution in [0.25, 0.3) is 5.69 Å². The first-order chi connectivity index (χ1) is 12.9. The summed E-state index contributed by atoms with van der Waals surface area (Å²) in [5, 5.41) is 4.29. The molecule has 0 bridgehead atoms. The van der Waals surface area contributed by atoms with Crippen LogP contribution in [0.5, 0.6) is 0 Å². The van der Waals surface area contributed by atoms with Gasteiger partial charge in [0.2, 0.25) is 5.82 Å². The summed E-state index contributed by atoms with van der Waals surface area (Å²) < 4.78 is 20.5. The zero-order chi connectivity index (χ0) is 19.1. The summed E-state index contributed by atoms with van der Waals surface area (Å²) in [5.41, 5.74) is 0.650. The van der Waals surface area contributed by atoms with Crippen LogP contribution in [0.15, 0.2) is 40.8 Å². The molecule has 4 rings (SSSR count). The minimum Gasteiger partial charge on any atom is -0.464 e. The third-order valence-electron chi connectivity index (χ3n) is 4.93. The Morgan fingerprint density at radius 1 is 1.30 bits per heavy atom. The highest BCUT2D eigenvalue weighted by Gasteiger charge is 2.36. The average molecular weight is 368 g/mol. The first kappa shape index (κ1) is 17.5. The van der Waals surface area contributed by atoms with Crippen LogP contribution >= 0.6 is 0 Å². The molecule has 6 nitrogen and oxygen atoms in total. The van der Waals surface area contributed by atoms with Crippen LogP contribution in [0.1, 0.15) is 47.2 Å². The van der Waals surface area contributed by atoms with E-state index in [-0.39, 0.29) is 17.5 Å². The molecular formula is C20H21FN4O2. The molecule has 2 heterocycles. The van der Waals surface area contributed by atoms with Gasteiger partial charge in [0.15, 0.2) is 0 Å². The summed E-state index contributed by atoms with van der Waals surface area (Å²) in [6, 6.07) is 9.79. The van der Waals surface area contributed by atoms with Gasteiger partial charge in [-0.05, 0) is 55.7 Å². The number of aryl methyl sites for hydroxylation is 1. The summed E-state index contributed by atoms with van der Waals surface area (Å²) in [6.07, 6.45) is 1.16. The first-order valence-electron chi connectivity index (χ1n) is 8.96. The first-order valence-corrected chi connectivity index (χ1v) is 8.96. The highest BCUT2D eigenvalue weighted by atomic mass is 19.1. The van der Waals surface area contributed by atoms with Crippen molar-refractivity contribution in [1.29, 1.82) is 0 Å². The minimum atomic E-state index is -0.328. The Hall–Kier alpha value is -2.96. The number of benzene rings is 1. The van der Waals surface area contributed by atoms with Crippen molar-refractivity contribution in [3.8, 4) is 5.69 Å². The summed E-state index contributed by atoms with van der Waals surface area (Å²) >= 11 is 0. The van der Waals surface area contributed by atoms with Crippen molar-refractivity contribution in [2.45, 2.75) is 32.7 Å². The lowest BCUT2D eigenvalue weighted by Crippen LogP contribution is -2.27. The second-order valence-electron chi connectivity index (χ2n) is 7.16. The van der Waals surface area contributed by atoms with Gasteiger partial charge in [-0.15, -0.1) is 5.10 Å². The Balaban J connectivity index is 1.48. The number of halogens is 1. The van der Waals surface area contributed by atoms with E-state index in [0.717, 1.165) is 17.9 Å². The Morgan fingerprint density at radius 3 is 2.67 bits per heavy atom. The lowest BCUT2D eigenvalue weighted by Gasteiger charge is -2.13. The van der Waals surface area contributed by atoms with Gasteiger partial charge in [0, 0.05) is 13.0 Å². The number of aromatic nitrogens is 3. The summed E-state index contributed by atoms with van der Waals surface area (Å²) in [5.74, 6) is 2.95. The molecule has 27 heavy (non-hydrogen) atoms. The van der Waals surface area contributed by atoms with Crippen molar-refractivity contribution in [2.75, 3.05) is 7.05 Å². The molecular weight excluding hydrogens is 347 g/mol. The monoisotopic (exact) mass is 368 g/mol. The van der Waals surface area contributed by atoms with Crippen molar-refractivity contribution in [3.05, 3.63) is 65.4 Å². The summed E-state index contributed by atoms with van der Waals surface area (Å²) in [6.45, 7) is 4.31. The quantitative estimate of drug-likeness (QED) is 0.689. The average Bonchev–Trinajstić information content (AvgIpc) is 3.04. The van der Waals surface area contributed by atoms with E-state index in [0.29, 0.717) is 29.9 Å².